The van der Waals surface area contributed by atoms with Crippen LogP contribution in [0.4, 0.5) is 0 Å². The van der Waals surface area contributed by atoms with Crippen molar-refractivity contribution in [2.24, 2.45) is 0 Å². The molecule has 4 rings (SSSR count). The van der Waals surface area contributed by atoms with Crippen molar-refractivity contribution in [2.75, 3.05) is 18.8 Å². The zero-order valence-corrected chi connectivity index (χ0v) is 20.2. The van der Waals surface area contributed by atoms with E-state index in [0.717, 1.165) is 16.0 Å². The van der Waals surface area contributed by atoms with Gasteiger partial charge in [-0.25, -0.2) is 22.8 Å². The second kappa shape index (κ2) is 9.29. The Kier molecular flexibility index (Phi) is 6.64. The molecule has 1 fully saturated rings. The van der Waals surface area contributed by atoms with Gasteiger partial charge in [-0.1, -0.05) is 13.0 Å². The highest BCUT2D eigenvalue weighted by Crippen LogP contribution is 2.30. The van der Waals surface area contributed by atoms with Gasteiger partial charge in [-0.3, -0.25) is 4.79 Å². The van der Waals surface area contributed by atoms with E-state index >= 15 is 0 Å². The van der Waals surface area contributed by atoms with E-state index in [-0.39, 0.29) is 23.7 Å². The van der Waals surface area contributed by atoms with Crippen LogP contribution in [0, 0.1) is 0 Å². The fourth-order valence-electron chi connectivity index (χ4n) is 4.08. The van der Waals surface area contributed by atoms with E-state index in [1.807, 2.05) is 53.9 Å². The second-order valence-corrected chi connectivity index (χ2v) is 11.3. The number of carbonyl (C=O) groups is 1. The SMILES string of the molecule is CCCS(=O)(=O)NC1CCN(C(=O)c2cc(-c3cccs3)nc3c2cnn3C(C)C)CC1. The smallest absolute Gasteiger partial charge is 0.254 e. The first-order valence-corrected chi connectivity index (χ1v) is 13.5. The summed E-state index contributed by atoms with van der Waals surface area (Å²) in [5.74, 6) is 0.0697. The van der Waals surface area contributed by atoms with Crippen LogP contribution in [-0.2, 0) is 10.0 Å². The molecule has 172 valence electrons. The number of carbonyl (C=O) groups excluding carboxylic acids is 1. The van der Waals surface area contributed by atoms with Crippen molar-refractivity contribution in [1.29, 1.82) is 0 Å². The summed E-state index contributed by atoms with van der Waals surface area (Å²) >= 11 is 1.58. The maximum Gasteiger partial charge on any atom is 0.254 e. The minimum absolute atomic E-state index is 0.0617. The molecule has 0 spiro atoms. The number of aromatic nitrogens is 3. The third kappa shape index (κ3) is 4.72. The number of amides is 1. The highest BCUT2D eigenvalue weighted by molar-refractivity contribution is 7.89. The Morgan fingerprint density at radius 1 is 1.31 bits per heavy atom. The molecule has 1 aliphatic heterocycles. The van der Waals surface area contributed by atoms with Gasteiger partial charge in [0.05, 0.1) is 33.5 Å². The summed E-state index contributed by atoms with van der Waals surface area (Å²) in [5, 5.41) is 7.22. The minimum Gasteiger partial charge on any atom is -0.339 e. The Morgan fingerprint density at radius 2 is 2.06 bits per heavy atom. The normalized spacial score (nSPS) is 15.7. The molecule has 1 amide bonds. The van der Waals surface area contributed by atoms with Gasteiger partial charge in [0, 0.05) is 25.2 Å². The lowest BCUT2D eigenvalue weighted by molar-refractivity contribution is 0.0713. The number of rotatable bonds is 7. The molecule has 0 unspecified atom stereocenters. The number of pyridine rings is 1. The van der Waals surface area contributed by atoms with Gasteiger partial charge in [-0.2, -0.15) is 5.10 Å². The molecule has 32 heavy (non-hydrogen) atoms. The first-order chi connectivity index (χ1) is 15.3. The number of hydrogen-bond donors (Lipinski definition) is 1. The van der Waals surface area contributed by atoms with Crippen molar-refractivity contribution in [2.45, 2.75) is 52.1 Å². The standard InChI is InChI=1S/C22H29N5O3S2/c1-4-12-32(29,30)25-16-7-9-26(10-8-16)22(28)17-13-19(20-6-5-11-31-20)24-21-18(17)14-23-27(21)15(2)3/h5-6,11,13-16,25H,4,7-10,12H2,1-3H3. The lowest BCUT2D eigenvalue weighted by atomic mass is 10.0. The topological polar surface area (TPSA) is 97.2 Å². The van der Waals surface area contributed by atoms with Crippen molar-refractivity contribution in [3.63, 3.8) is 0 Å². The minimum atomic E-state index is -3.26. The summed E-state index contributed by atoms with van der Waals surface area (Å²) < 4.78 is 28.8. The predicted octanol–water partition coefficient (Wildman–Crippen LogP) is 3.67. The zero-order valence-electron chi connectivity index (χ0n) is 18.6. The third-order valence-corrected chi connectivity index (χ3v) is 8.19. The van der Waals surface area contributed by atoms with Crippen molar-refractivity contribution in [3.8, 4) is 10.6 Å². The monoisotopic (exact) mass is 475 g/mol. The van der Waals surface area contributed by atoms with E-state index < -0.39 is 10.0 Å². The maximum absolute atomic E-state index is 13.5. The van der Waals surface area contributed by atoms with E-state index in [1.165, 1.54) is 0 Å². The number of likely N-dealkylation sites (tertiary alicyclic amines) is 1. The summed E-state index contributed by atoms with van der Waals surface area (Å²) in [6.07, 6.45) is 3.51. The van der Waals surface area contributed by atoms with E-state index in [4.69, 9.17) is 4.98 Å². The third-order valence-electron chi connectivity index (χ3n) is 5.66. The molecule has 0 bridgehead atoms. The van der Waals surface area contributed by atoms with Gasteiger partial charge in [0.25, 0.3) is 5.91 Å². The number of nitrogens with zero attached hydrogens (tertiary/aromatic N) is 4. The molecule has 0 saturated carbocycles. The van der Waals surface area contributed by atoms with E-state index in [0.29, 0.717) is 43.6 Å². The van der Waals surface area contributed by atoms with Crippen molar-refractivity contribution in [1.82, 2.24) is 24.4 Å². The van der Waals surface area contributed by atoms with Gasteiger partial charge < -0.3 is 4.90 Å². The van der Waals surface area contributed by atoms with E-state index in [2.05, 4.69) is 9.82 Å². The molecule has 0 radical (unpaired) electrons. The first-order valence-electron chi connectivity index (χ1n) is 11.0. The Bertz CT molecular complexity index is 1190. The number of thiophene rings is 1. The van der Waals surface area contributed by atoms with Crippen LogP contribution in [0.2, 0.25) is 0 Å². The molecule has 3 aromatic rings. The van der Waals surface area contributed by atoms with Gasteiger partial charge in [-0.05, 0) is 50.6 Å². The van der Waals surface area contributed by atoms with Crippen LogP contribution in [0.15, 0.2) is 29.8 Å². The Morgan fingerprint density at radius 3 is 2.69 bits per heavy atom. The molecular formula is C22H29N5O3S2. The maximum atomic E-state index is 13.5. The number of hydrogen-bond acceptors (Lipinski definition) is 6. The van der Waals surface area contributed by atoms with Gasteiger partial charge >= 0.3 is 0 Å². The second-order valence-electron chi connectivity index (χ2n) is 8.46. The molecule has 10 heteroatoms. The number of piperidine rings is 1. The molecule has 8 nitrogen and oxygen atoms in total. The van der Waals surface area contributed by atoms with Crippen LogP contribution in [0.1, 0.15) is 56.4 Å². The van der Waals surface area contributed by atoms with Crippen LogP contribution in [0.3, 0.4) is 0 Å². The predicted molar refractivity (Wildman–Crippen MR) is 127 cm³/mol. The van der Waals surface area contributed by atoms with Crippen LogP contribution >= 0.6 is 11.3 Å². The largest absolute Gasteiger partial charge is 0.339 e. The number of sulfonamides is 1. The lowest BCUT2D eigenvalue weighted by Crippen LogP contribution is -2.47. The van der Waals surface area contributed by atoms with Crippen LogP contribution in [0.25, 0.3) is 21.6 Å². The van der Waals surface area contributed by atoms with Gasteiger partial charge in [0.2, 0.25) is 10.0 Å². The zero-order chi connectivity index (χ0) is 22.9. The molecule has 4 heterocycles. The average Bonchev–Trinajstić information content (AvgIpc) is 3.42. The van der Waals surface area contributed by atoms with Crippen LogP contribution < -0.4 is 4.72 Å². The fraction of sp³-hybridized carbons (Fsp3) is 0.500. The molecule has 1 saturated heterocycles. The summed E-state index contributed by atoms with van der Waals surface area (Å²) in [7, 11) is -3.26. The van der Waals surface area contributed by atoms with Crippen molar-refractivity contribution < 1.29 is 13.2 Å². The van der Waals surface area contributed by atoms with Crippen LogP contribution in [-0.4, -0.2) is 58.9 Å². The van der Waals surface area contributed by atoms with Gasteiger partial charge in [0.15, 0.2) is 5.65 Å². The molecule has 0 aromatic carbocycles. The average molecular weight is 476 g/mol. The molecule has 3 aromatic heterocycles. The molecule has 0 atom stereocenters. The van der Waals surface area contributed by atoms with Crippen molar-refractivity contribution in [3.05, 3.63) is 35.3 Å². The molecule has 1 aliphatic rings. The van der Waals surface area contributed by atoms with E-state index in [9.17, 15) is 13.2 Å². The molecule has 0 aliphatic carbocycles. The Labute approximate surface area is 192 Å². The molecule has 1 N–H and O–H groups in total. The highest BCUT2D eigenvalue weighted by atomic mass is 32.2. The van der Waals surface area contributed by atoms with Gasteiger partial charge in [0.1, 0.15) is 0 Å². The number of nitrogens with one attached hydrogen (secondary N) is 1. The quantitative estimate of drug-likeness (QED) is 0.562. The summed E-state index contributed by atoms with van der Waals surface area (Å²) in [6.45, 7) is 6.95. The van der Waals surface area contributed by atoms with Gasteiger partial charge in [-0.15, -0.1) is 11.3 Å². The number of fused-ring (bicyclic) bond motifs is 1. The van der Waals surface area contributed by atoms with Crippen molar-refractivity contribution >= 4 is 38.3 Å². The fourth-order valence-corrected chi connectivity index (χ4v) is 6.16. The lowest BCUT2D eigenvalue weighted by Gasteiger charge is -2.32. The summed E-state index contributed by atoms with van der Waals surface area (Å²) in [4.78, 5) is 21.2. The first kappa shape index (κ1) is 22.9. The van der Waals surface area contributed by atoms with Crippen LogP contribution in [0.5, 0.6) is 0 Å². The highest BCUT2D eigenvalue weighted by Gasteiger charge is 2.28. The van der Waals surface area contributed by atoms with E-state index in [1.54, 1.807) is 17.5 Å². The summed E-state index contributed by atoms with van der Waals surface area (Å²) in [5.41, 5.74) is 2.06. The Hall–Kier alpha value is -2.30. The molecular weight excluding hydrogens is 446 g/mol. The summed E-state index contributed by atoms with van der Waals surface area (Å²) in [6, 6.07) is 5.82. The Balaban J connectivity index is 1.60.